The van der Waals surface area contributed by atoms with Crippen molar-refractivity contribution in [2.45, 2.75) is 25.8 Å². The average Bonchev–Trinajstić information content (AvgIpc) is 2.27. The Balaban J connectivity index is 2.47. The molecule has 0 saturated carbocycles. The van der Waals surface area contributed by atoms with Crippen molar-refractivity contribution >= 4 is 5.91 Å². The van der Waals surface area contributed by atoms with E-state index in [2.05, 4.69) is 5.32 Å². The molecular formula is C12H14N2O. The molecule has 3 heteroatoms. The first-order valence-corrected chi connectivity index (χ1v) is 4.99. The molecule has 0 aliphatic rings. The van der Waals surface area contributed by atoms with Crippen molar-refractivity contribution in [1.82, 2.24) is 5.32 Å². The molecule has 0 aliphatic carbocycles. The third kappa shape index (κ3) is 3.82. The van der Waals surface area contributed by atoms with E-state index in [1.54, 1.807) is 0 Å². The maximum atomic E-state index is 11.5. The summed E-state index contributed by atoms with van der Waals surface area (Å²) >= 11 is 0. The van der Waals surface area contributed by atoms with E-state index in [1.165, 1.54) is 0 Å². The normalized spacial score (nSPS) is 11.5. The number of benzene rings is 1. The summed E-state index contributed by atoms with van der Waals surface area (Å²) in [5.41, 5.74) is 0.961. The van der Waals surface area contributed by atoms with Gasteiger partial charge in [-0.2, -0.15) is 5.26 Å². The second-order valence-electron chi connectivity index (χ2n) is 3.32. The predicted octanol–water partition coefficient (Wildman–Crippen LogP) is 1.65. The first kappa shape index (κ1) is 11.3. The Bertz CT molecular complexity index is 354. The van der Waals surface area contributed by atoms with Gasteiger partial charge in [0.05, 0.1) is 12.5 Å². The van der Waals surface area contributed by atoms with Crippen LogP contribution in [-0.4, -0.2) is 11.9 Å². The van der Waals surface area contributed by atoms with Crippen molar-refractivity contribution < 1.29 is 4.79 Å². The van der Waals surface area contributed by atoms with E-state index >= 15 is 0 Å². The van der Waals surface area contributed by atoms with Gasteiger partial charge in [0.1, 0.15) is 6.04 Å². The second kappa shape index (κ2) is 5.82. The molecule has 1 rings (SSSR count). The van der Waals surface area contributed by atoms with E-state index in [4.69, 9.17) is 5.26 Å². The van der Waals surface area contributed by atoms with E-state index in [9.17, 15) is 4.79 Å². The number of carbonyl (C=O) groups is 1. The molecule has 0 fully saturated rings. The molecule has 78 valence electrons. The molecule has 0 heterocycles. The van der Waals surface area contributed by atoms with Gasteiger partial charge in [0.2, 0.25) is 5.91 Å². The Labute approximate surface area is 89.7 Å². The molecule has 0 radical (unpaired) electrons. The van der Waals surface area contributed by atoms with Crippen LogP contribution in [0.15, 0.2) is 30.3 Å². The van der Waals surface area contributed by atoms with Crippen LogP contribution in [0.5, 0.6) is 0 Å². The molecule has 15 heavy (non-hydrogen) atoms. The lowest BCUT2D eigenvalue weighted by atomic mass is 10.1. The van der Waals surface area contributed by atoms with Crippen LogP contribution in [0.25, 0.3) is 0 Å². The SMILES string of the molecule is CCC(C#N)NC(=O)Cc1ccccc1. The summed E-state index contributed by atoms with van der Waals surface area (Å²) in [4.78, 5) is 11.5. The number of hydrogen-bond acceptors (Lipinski definition) is 2. The van der Waals surface area contributed by atoms with E-state index < -0.39 is 0 Å². The van der Waals surface area contributed by atoms with Crippen LogP contribution in [0.3, 0.4) is 0 Å². The van der Waals surface area contributed by atoms with Crippen LogP contribution in [0.2, 0.25) is 0 Å². The van der Waals surface area contributed by atoms with Gasteiger partial charge in [0.25, 0.3) is 0 Å². The van der Waals surface area contributed by atoms with E-state index in [-0.39, 0.29) is 11.9 Å². The van der Waals surface area contributed by atoms with E-state index in [0.717, 1.165) is 5.56 Å². The Morgan fingerprint density at radius 3 is 2.67 bits per heavy atom. The molecule has 0 aliphatic heterocycles. The van der Waals surface area contributed by atoms with E-state index in [0.29, 0.717) is 12.8 Å². The van der Waals surface area contributed by atoms with Crippen LogP contribution in [0.4, 0.5) is 0 Å². The van der Waals surface area contributed by atoms with Gasteiger partial charge < -0.3 is 5.32 Å². The van der Waals surface area contributed by atoms with Gasteiger partial charge in [-0.05, 0) is 12.0 Å². The highest BCUT2D eigenvalue weighted by molar-refractivity contribution is 5.79. The highest BCUT2D eigenvalue weighted by Gasteiger charge is 2.08. The van der Waals surface area contributed by atoms with E-state index in [1.807, 2.05) is 43.3 Å². The van der Waals surface area contributed by atoms with Crippen LogP contribution in [-0.2, 0) is 11.2 Å². The minimum atomic E-state index is -0.374. The zero-order valence-corrected chi connectivity index (χ0v) is 8.73. The maximum Gasteiger partial charge on any atom is 0.225 e. The second-order valence-corrected chi connectivity index (χ2v) is 3.32. The number of rotatable bonds is 4. The standard InChI is InChI=1S/C12H14N2O/c1-2-11(9-13)14-12(15)8-10-6-4-3-5-7-10/h3-7,11H,2,8H2,1H3,(H,14,15). The maximum absolute atomic E-state index is 11.5. The first-order valence-electron chi connectivity index (χ1n) is 4.99. The fraction of sp³-hybridized carbons (Fsp3) is 0.333. The van der Waals surface area contributed by atoms with Gasteiger partial charge in [-0.15, -0.1) is 0 Å². The highest BCUT2D eigenvalue weighted by atomic mass is 16.1. The van der Waals surface area contributed by atoms with Crippen molar-refractivity contribution in [3.63, 3.8) is 0 Å². The summed E-state index contributed by atoms with van der Waals surface area (Å²) in [5.74, 6) is -0.102. The van der Waals surface area contributed by atoms with Crippen molar-refractivity contribution in [3.05, 3.63) is 35.9 Å². The summed E-state index contributed by atoms with van der Waals surface area (Å²) in [6.07, 6.45) is 0.968. The molecule has 0 spiro atoms. The fourth-order valence-corrected chi connectivity index (χ4v) is 1.25. The number of amides is 1. The number of carbonyl (C=O) groups excluding carboxylic acids is 1. The molecule has 1 aromatic carbocycles. The van der Waals surface area contributed by atoms with Gasteiger partial charge in [0, 0.05) is 0 Å². The minimum Gasteiger partial charge on any atom is -0.340 e. The summed E-state index contributed by atoms with van der Waals surface area (Å²) in [6.45, 7) is 1.87. The smallest absolute Gasteiger partial charge is 0.225 e. The molecule has 1 N–H and O–H groups in total. The lowest BCUT2D eigenvalue weighted by Crippen LogP contribution is -2.34. The zero-order valence-electron chi connectivity index (χ0n) is 8.73. The van der Waals surface area contributed by atoms with Crippen molar-refractivity contribution in [2.24, 2.45) is 0 Å². The molecule has 3 nitrogen and oxygen atoms in total. The van der Waals surface area contributed by atoms with Gasteiger partial charge in [0.15, 0.2) is 0 Å². The minimum absolute atomic E-state index is 0.102. The highest BCUT2D eigenvalue weighted by Crippen LogP contribution is 2.00. The summed E-state index contributed by atoms with van der Waals surface area (Å²) in [7, 11) is 0. The Kier molecular flexibility index (Phi) is 4.36. The Morgan fingerprint density at radius 1 is 1.47 bits per heavy atom. The Morgan fingerprint density at radius 2 is 2.13 bits per heavy atom. The molecular weight excluding hydrogens is 188 g/mol. The molecule has 0 bridgehead atoms. The molecule has 1 aromatic rings. The number of nitrogens with zero attached hydrogens (tertiary/aromatic N) is 1. The third-order valence-electron chi connectivity index (χ3n) is 2.11. The monoisotopic (exact) mass is 202 g/mol. The van der Waals surface area contributed by atoms with Crippen LogP contribution < -0.4 is 5.32 Å². The van der Waals surface area contributed by atoms with Crippen molar-refractivity contribution in [1.29, 1.82) is 5.26 Å². The van der Waals surface area contributed by atoms with Crippen molar-refractivity contribution in [3.8, 4) is 6.07 Å². The third-order valence-corrected chi connectivity index (χ3v) is 2.11. The van der Waals surface area contributed by atoms with Gasteiger partial charge in [-0.3, -0.25) is 4.79 Å². The lowest BCUT2D eigenvalue weighted by Gasteiger charge is -2.08. The van der Waals surface area contributed by atoms with Crippen LogP contribution in [0.1, 0.15) is 18.9 Å². The van der Waals surface area contributed by atoms with Crippen LogP contribution in [0, 0.1) is 11.3 Å². The quantitative estimate of drug-likeness (QED) is 0.807. The predicted molar refractivity (Wildman–Crippen MR) is 58.0 cm³/mol. The molecule has 1 unspecified atom stereocenters. The average molecular weight is 202 g/mol. The van der Waals surface area contributed by atoms with Gasteiger partial charge in [-0.1, -0.05) is 37.3 Å². The lowest BCUT2D eigenvalue weighted by molar-refractivity contribution is -0.120. The zero-order chi connectivity index (χ0) is 11.1. The van der Waals surface area contributed by atoms with Crippen molar-refractivity contribution in [2.75, 3.05) is 0 Å². The number of nitrogens with one attached hydrogen (secondary N) is 1. The Hall–Kier alpha value is -1.82. The van der Waals surface area contributed by atoms with Crippen LogP contribution >= 0.6 is 0 Å². The largest absolute Gasteiger partial charge is 0.340 e. The summed E-state index contributed by atoms with van der Waals surface area (Å²) in [6, 6.07) is 11.1. The number of nitriles is 1. The topological polar surface area (TPSA) is 52.9 Å². The van der Waals surface area contributed by atoms with Gasteiger partial charge >= 0.3 is 0 Å². The first-order chi connectivity index (χ1) is 7.26. The van der Waals surface area contributed by atoms with Gasteiger partial charge in [-0.25, -0.2) is 0 Å². The summed E-state index contributed by atoms with van der Waals surface area (Å²) < 4.78 is 0. The molecule has 0 aromatic heterocycles. The molecule has 1 amide bonds. The number of hydrogen-bond donors (Lipinski definition) is 1. The molecule has 1 atom stereocenters. The fourth-order valence-electron chi connectivity index (χ4n) is 1.25. The molecule has 0 saturated heterocycles. The summed E-state index contributed by atoms with van der Waals surface area (Å²) in [5, 5.41) is 11.3.